The molecule has 1 fully saturated rings. The van der Waals surface area contributed by atoms with Gasteiger partial charge in [-0.1, -0.05) is 18.9 Å². The second-order valence-electron chi connectivity index (χ2n) is 5.33. The number of carbonyl (C=O) groups is 1. The summed E-state index contributed by atoms with van der Waals surface area (Å²) in [6.07, 6.45) is 4.21. The first-order valence-corrected chi connectivity index (χ1v) is 6.77. The molecule has 0 saturated heterocycles. The molecule has 0 atom stereocenters. The fourth-order valence-corrected chi connectivity index (χ4v) is 2.71. The number of hydrogen-bond acceptors (Lipinski definition) is 3. The van der Waals surface area contributed by atoms with E-state index in [2.05, 4.69) is 5.32 Å². The van der Waals surface area contributed by atoms with E-state index in [1.807, 2.05) is 19.1 Å². The molecule has 1 aromatic carbocycles. The Morgan fingerprint density at radius 1 is 1.40 bits per heavy atom. The topological polar surface area (TPSA) is 64.3 Å². The van der Waals surface area contributed by atoms with E-state index in [0.717, 1.165) is 37.0 Å². The molecule has 0 radical (unpaired) electrons. The van der Waals surface area contributed by atoms with Crippen LogP contribution in [0.25, 0.3) is 0 Å². The van der Waals surface area contributed by atoms with E-state index in [1.165, 1.54) is 0 Å². The van der Waals surface area contributed by atoms with Crippen molar-refractivity contribution in [3.8, 4) is 5.75 Å². The minimum atomic E-state index is -0.213. The van der Waals surface area contributed by atoms with Gasteiger partial charge in [0.2, 0.25) is 0 Å². The first-order valence-electron chi connectivity index (χ1n) is 6.77. The van der Waals surface area contributed by atoms with Gasteiger partial charge in [0.1, 0.15) is 5.75 Å². The maximum Gasteiger partial charge on any atom is 0.251 e. The highest BCUT2D eigenvalue weighted by molar-refractivity contribution is 5.95. The predicted molar refractivity (Wildman–Crippen MR) is 82.7 cm³/mol. The molecule has 2 rings (SSSR count). The summed E-state index contributed by atoms with van der Waals surface area (Å²) in [6.45, 7) is 2.46. The first-order chi connectivity index (χ1) is 9.10. The molecule has 1 aromatic rings. The summed E-state index contributed by atoms with van der Waals surface area (Å²) in [5, 5.41) is 3.11. The number of halogens is 1. The van der Waals surface area contributed by atoms with E-state index < -0.39 is 0 Å². The van der Waals surface area contributed by atoms with Gasteiger partial charge in [0.05, 0.1) is 12.6 Å². The largest absolute Gasteiger partial charge is 0.496 e. The molecular formula is C15H23ClN2O2. The maximum absolute atomic E-state index is 12.3. The molecule has 1 aliphatic rings. The molecule has 0 heterocycles. The van der Waals surface area contributed by atoms with Crippen LogP contribution in [0, 0.1) is 6.92 Å². The normalized spacial score (nSPS) is 16.4. The van der Waals surface area contributed by atoms with Crippen molar-refractivity contribution in [1.82, 2.24) is 5.32 Å². The zero-order chi connectivity index (χ0) is 13.9. The number of ether oxygens (including phenoxy) is 1. The van der Waals surface area contributed by atoms with E-state index >= 15 is 0 Å². The molecule has 0 unspecified atom stereocenters. The molecule has 0 bridgehead atoms. The number of amides is 1. The molecule has 112 valence electrons. The quantitative estimate of drug-likeness (QED) is 0.897. The van der Waals surface area contributed by atoms with E-state index in [-0.39, 0.29) is 23.9 Å². The summed E-state index contributed by atoms with van der Waals surface area (Å²) in [5.41, 5.74) is 7.27. The van der Waals surface area contributed by atoms with Gasteiger partial charge in [0.25, 0.3) is 5.91 Å². The van der Waals surface area contributed by atoms with Crippen LogP contribution >= 0.6 is 12.4 Å². The summed E-state index contributed by atoms with van der Waals surface area (Å²) in [7, 11) is 1.61. The van der Waals surface area contributed by atoms with E-state index in [1.54, 1.807) is 13.2 Å². The Morgan fingerprint density at radius 3 is 2.60 bits per heavy atom. The Hall–Kier alpha value is -1.26. The second-order valence-corrected chi connectivity index (χ2v) is 5.33. The number of rotatable bonds is 4. The van der Waals surface area contributed by atoms with Crippen LogP contribution < -0.4 is 15.8 Å². The molecule has 1 saturated carbocycles. The van der Waals surface area contributed by atoms with E-state index in [9.17, 15) is 4.79 Å². The van der Waals surface area contributed by atoms with Crippen molar-refractivity contribution in [2.75, 3.05) is 13.7 Å². The van der Waals surface area contributed by atoms with Gasteiger partial charge in [-0.15, -0.1) is 12.4 Å². The maximum atomic E-state index is 12.3. The van der Waals surface area contributed by atoms with Gasteiger partial charge in [-0.2, -0.15) is 0 Å². The molecule has 5 heteroatoms. The molecule has 0 aromatic heterocycles. The Balaban J connectivity index is 0.00000200. The lowest BCUT2D eigenvalue weighted by Crippen LogP contribution is -2.51. The van der Waals surface area contributed by atoms with Crippen molar-refractivity contribution in [2.24, 2.45) is 5.73 Å². The fraction of sp³-hybridized carbons (Fsp3) is 0.533. The van der Waals surface area contributed by atoms with Crippen LogP contribution in [0.15, 0.2) is 18.2 Å². The minimum Gasteiger partial charge on any atom is -0.496 e. The van der Waals surface area contributed by atoms with Gasteiger partial charge in [-0.25, -0.2) is 0 Å². The van der Waals surface area contributed by atoms with Gasteiger partial charge in [-0.05, 0) is 37.5 Å². The van der Waals surface area contributed by atoms with Crippen LogP contribution in [0.2, 0.25) is 0 Å². The third-order valence-corrected chi connectivity index (χ3v) is 4.00. The molecule has 1 aliphatic carbocycles. The number of nitrogens with one attached hydrogen (secondary N) is 1. The standard InChI is InChI=1S/C15H22N2O2.ClH/c1-11-5-6-12(9-13(11)19-2)14(18)17-15(10-16)7-3-4-8-15;/h5-6,9H,3-4,7-8,10,16H2,1-2H3,(H,17,18);1H. The third kappa shape index (κ3) is 3.44. The zero-order valence-electron chi connectivity index (χ0n) is 12.1. The Labute approximate surface area is 126 Å². The lowest BCUT2D eigenvalue weighted by molar-refractivity contribution is 0.0902. The zero-order valence-corrected chi connectivity index (χ0v) is 12.9. The van der Waals surface area contributed by atoms with Crippen molar-refractivity contribution in [2.45, 2.75) is 38.1 Å². The Kier molecular flexibility index (Phi) is 5.84. The van der Waals surface area contributed by atoms with Gasteiger partial charge < -0.3 is 15.8 Å². The Morgan fingerprint density at radius 2 is 2.05 bits per heavy atom. The lowest BCUT2D eigenvalue weighted by Gasteiger charge is -2.28. The molecule has 1 amide bonds. The van der Waals surface area contributed by atoms with Crippen molar-refractivity contribution in [3.05, 3.63) is 29.3 Å². The van der Waals surface area contributed by atoms with Crippen molar-refractivity contribution in [3.63, 3.8) is 0 Å². The van der Waals surface area contributed by atoms with Gasteiger partial charge in [0.15, 0.2) is 0 Å². The van der Waals surface area contributed by atoms with Gasteiger partial charge in [-0.3, -0.25) is 4.79 Å². The average Bonchev–Trinajstić information content (AvgIpc) is 2.88. The third-order valence-electron chi connectivity index (χ3n) is 4.00. The van der Waals surface area contributed by atoms with Crippen LogP contribution in [0.5, 0.6) is 5.75 Å². The lowest BCUT2D eigenvalue weighted by atomic mass is 9.97. The molecule has 0 spiro atoms. The van der Waals surface area contributed by atoms with Gasteiger partial charge >= 0.3 is 0 Å². The van der Waals surface area contributed by atoms with Crippen LogP contribution in [0.3, 0.4) is 0 Å². The summed E-state index contributed by atoms with van der Waals surface area (Å²) >= 11 is 0. The summed E-state index contributed by atoms with van der Waals surface area (Å²) in [5.74, 6) is 0.673. The summed E-state index contributed by atoms with van der Waals surface area (Å²) in [6, 6.07) is 5.51. The summed E-state index contributed by atoms with van der Waals surface area (Å²) in [4.78, 5) is 12.3. The fourth-order valence-electron chi connectivity index (χ4n) is 2.71. The monoisotopic (exact) mass is 298 g/mol. The van der Waals surface area contributed by atoms with Crippen molar-refractivity contribution >= 4 is 18.3 Å². The smallest absolute Gasteiger partial charge is 0.251 e. The number of methoxy groups -OCH3 is 1. The van der Waals surface area contributed by atoms with Crippen LogP contribution in [-0.2, 0) is 0 Å². The second kappa shape index (κ2) is 6.95. The first kappa shape index (κ1) is 16.8. The SMILES string of the molecule is COc1cc(C(=O)NC2(CN)CCCC2)ccc1C.Cl. The van der Waals surface area contributed by atoms with Gasteiger partial charge in [0, 0.05) is 12.1 Å². The van der Waals surface area contributed by atoms with Crippen molar-refractivity contribution in [1.29, 1.82) is 0 Å². The molecular weight excluding hydrogens is 276 g/mol. The summed E-state index contributed by atoms with van der Waals surface area (Å²) < 4.78 is 5.25. The van der Waals surface area contributed by atoms with Crippen molar-refractivity contribution < 1.29 is 9.53 Å². The average molecular weight is 299 g/mol. The number of nitrogens with two attached hydrogens (primary N) is 1. The molecule has 3 N–H and O–H groups in total. The highest BCUT2D eigenvalue weighted by Gasteiger charge is 2.34. The number of carbonyl (C=O) groups excluding carboxylic acids is 1. The molecule has 4 nitrogen and oxygen atoms in total. The molecule has 20 heavy (non-hydrogen) atoms. The molecule has 0 aliphatic heterocycles. The van der Waals surface area contributed by atoms with E-state index in [4.69, 9.17) is 10.5 Å². The predicted octanol–water partition coefficient (Wildman–Crippen LogP) is 2.43. The van der Waals surface area contributed by atoms with Crippen LogP contribution in [0.4, 0.5) is 0 Å². The Bertz CT molecular complexity index is 471. The van der Waals surface area contributed by atoms with Crippen LogP contribution in [0.1, 0.15) is 41.6 Å². The number of benzene rings is 1. The van der Waals surface area contributed by atoms with E-state index in [0.29, 0.717) is 12.1 Å². The highest BCUT2D eigenvalue weighted by atomic mass is 35.5. The number of hydrogen-bond donors (Lipinski definition) is 2. The number of aryl methyl sites for hydroxylation is 1. The van der Waals surface area contributed by atoms with Crippen LogP contribution in [-0.4, -0.2) is 25.1 Å². The minimum absolute atomic E-state index is 0. The highest BCUT2D eigenvalue weighted by Crippen LogP contribution is 2.29.